The van der Waals surface area contributed by atoms with Gasteiger partial charge >= 0.3 is 0 Å². The summed E-state index contributed by atoms with van der Waals surface area (Å²) in [5.41, 5.74) is 5.69. The fourth-order valence-electron chi connectivity index (χ4n) is 2.06. The highest BCUT2D eigenvalue weighted by atomic mass is 32.1. The molecule has 1 saturated carbocycles. The molecule has 1 amide bonds. The molecule has 84 valence electrons. The normalized spacial score (nSPS) is 25.0. The van der Waals surface area contributed by atoms with Crippen molar-refractivity contribution in [3.63, 3.8) is 0 Å². The maximum atomic E-state index is 11.8. The van der Waals surface area contributed by atoms with Crippen LogP contribution in [0, 0.1) is 11.3 Å². The number of hydrogen-bond acceptors (Lipinski definition) is 2. The van der Waals surface area contributed by atoms with Gasteiger partial charge in [-0.15, -0.1) is 0 Å². The number of nitrogens with zero attached hydrogens (tertiary/aromatic N) is 1. The van der Waals surface area contributed by atoms with Crippen molar-refractivity contribution < 1.29 is 4.79 Å². The second kappa shape index (κ2) is 3.74. The number of carbonyl (C=O) groups is 1. The van der Waals surface area contributed by atoms with Crippen molar-refractivity contribution >= 4 is 23.1 Å². The summed E-state index contributed by atoms with van der Waals surface area (Å²) in [5, 5.41) is 0. The molecule has 0 bridgehead atoms. The fraction of sp³-hybridized carbons (Fsp3) is 0.818. The molecule has 1 aliphatic heterocycles. The van der Waals surface area contributed by atoms with E-state index in [-0.39, 0.29) is 5.41 Å². The van der Waals surface area contributed by atoms with Crippen molar-refractivity contribution in [2.75, 3.05) is 13.1 Å². The molecule has 4 heteroatoms. The van der Waals surface area contributed by atoms with E-state index in [1.54, 1.807) is 0 Å². The van der Waals surface area contributed by atoms with E-state index >= 15 is 0 Å². The molecule has 0 radical (unpaired) electrons. The zero-order chi connectivity index (χ0) is 11.1. The highest BCUT2D eigenvalue weighted by Crippen LogP contribution is 2.35. The molecular weight excluding hydrogens is 208 g/mol. The molecule has 0 atom stereocenters. The number of amides is 1. The quantitative estimate of drug-likeness (QED) is 0.722. The molecule has 15 heavy (non-hydrogen) atoms. The van der Waals surface area contributed by atoms with Crippen LogP contribution in [0.4, 0.5) is 0 Å². The molecular formula is C11H18N2OS. The molecule has 0 aromatic carbocycles. The predicted molar refractivity (Wildman–Crippen MR) is 63.4 cm³/mol. The van der Waals surface area contributed by atoms with Crippen molar-refractivity contribution in [3.05, 3.63) is 0 Å². The maximum Gasteiger partial charge on any atom is 0.225 e. The van der Waals surface area contributed by atoms with E-state index in [9.17, 15) is 4.79 Å². The third kappa shape index (κ3) is 2.14. The van der Waals surface area contributed by atoms with Crippen LogP contribution in [0.3, 0.4) is 0 Å². The van der Waals surface area contributed by atoms with E-state index in [0.29, 0.717) is 16.8 Å². The third-order valence-electron chi connectivity index (χ3n) is 3.70. The Balaban J connectivity index is 1.91. The Morgan fingerprint density at radius 2 is 1.93 bits per heavy atom. The average Bonchev–Trinajstić information content (AvgIpc) is 3.01. The van der Waals surface area contributed by atoms with E-state index in [1.165, 1.54) is 0 Å². The van der Waals surface area contributed by atoms with Crippen LogP contribution < -0.4 is 5.73 Å². The van der Waals surface area contributed by atoms with Gasteiger partial charge in [-0.25, -0.2) is 0 Å². The smallest absolute Gasteiger partial charge is 0.225 e. The van der Waals surface area contributed by atoms with Gasteiger partial charge in [-0.1, -0.05) is 19.1 Å². The zero-order valence-electron chi connectivity index (χ0n) is 9.16. The van der Waals surface area contributed by atoms with Crippen molar-refractivity contribution in [2.24, 2.45) is 17.1 Å². The second-order valence-corrected chi connectivity index (χ2v) is 5.46. The van der Waals surface area contributed by atoms with Gasteiger partial charge in [0.15, 0.2) is 0 Å². The van der Waals surface area contributed by atoms with Crippen molar-refractivity contribution in [1.29, 1.82) is 0 Å². The lowest BCUT2D eigenvalue weighted by Gasteiger charge is -2.38. The minimum Gasteiger partial charge on any atom is -0.393 e. The van der Waals surface area contributed by atoms with Crippen LogP contribution in [-0.4, -0.2) is 28.9 Å². The third-order valence-corrected chi connectivity index (χ3v) is 4.19. The highest BCUT2D eigenvalue weighted by Gasteiger charge is 2.38. The second-order valence-electron chi connectivity index (χ2n) is 5.02. The van der Waals surface area contributed by atoms with E-state index in [4.69, 9.17) is 18.0 Å². The fourth-order valence-corrected chi connectivity index (χ4v) is 2.26. The molecule has 0 spiro atoms. The largest absolute Gasteiger partial charge is 0.393 e. The summed E-state index contributed by atoms with van der Waals surface area (Å²) in [6, 6.07) is 0. The molecule has 1 aliphatic carbocycles. The summed E-state index contributed by atoms with van der Waals surface area (Å²) in [4.78, 5) is 14.4. The Bertz CT molecular complexity index is 291. The number of nitrogens with two attached hydrogens (primary N) is 1. The lowest BCUT2D eigenvalue weighted by molar-refractivity contribution is -0.134. The van der Waals surface area contributed by atoms with Crippen LogP contribution in [0.5, 0.6) is 0 Å². The Labute approximate surface area is 96.0 Å². The first kappa shape index (κ1) is 10.9. The lowest BCUT2D eigenvalue weighted by atomic mass is 9.80. The molecule has 2 rings (SSSR count). The van der Waals surface area contributed by atoms with Gasteiger partial charge in [0.05, 0.1) is 4.99 Å². The summed E-state index contributed by atoms with van der Waals surface area (Å²) < 4.78 is 0. The van der Waals surface area contributed by atoms with Crippen LogP contribution in [0.1, 0.15) is 32.6 Å². The Morgan fingerprint density at radius 3 is 2.33 bits per heavy atom. The molecule has 1 heterocycles. The van der Waals surface area contributed by atoms with Crippen LogP contribution in [0.2, 0.25) is 0 Å². The summed E-state index contributed by atoms with van der Waals surface area (Å²) in [7, 11) is 0. The first-order chi connectivity index (χ1) is 7.03. The average molecular weight is 226 g/mol. The standard InChI is InChI=1S/C11H18N2OS/c1-11(10(12)15)4-6-13(7-5-11)9(14)8-2-3-8/h8H,2-7H2,1H3,(H2,12,15). The summed E-state index contributed by atoms with van der Waals surface area (Å²) in [6.45, 7) is 3.75. The number of hydrogen-bond donors (Lipinski definition) is 1. The predicted octanol–water partition coefficient (Wildman–Crippen LogP) is 1.31. The van der Waals surface area contributed by atoms with Crippen LogP contribution in [0.15, 0.2) is 0 Å². The highest BCUT2D eigenvalue weighted by molar-refractivity contribution is 7.80. The first-order valence-corrected chi connectivity index (χ1v) is 6.02. The Hall–Kier alpha value is -0.640. The molecule has 0 unspecified atom stereocenters. The van der Waals surface area contributed by atoms with Gasteiger partial charge in [-0.2, -0.15) is 0 Å². The molecule has 1 saturated heterocycles. The van der Waals surface area contributed by atoms with Crippen molar-refractivity contribution in [2.45, 2.75) is 32.6 Å². The number of likely N-dealkylation sites (tertiary alicyclic amines) is 1. The molecule has 2 N–H and O–H groups in total. The van der Waals surface area contributed by atoms with Gasteiger partial charge in [-0.05, 0) is 25.7 Å². The lowest BCUT2D eigenvalue weighted by Crippen LogP contribution is -2.47. The van der Waals surface area contributed by atoms with Gasteiger partial charge in [0, 0.05) is 24.4 Å². The van der Waals surface area contributed by atoms with E-state index in [0.717, 1.165) is 38.8 Å². The summed E-state index contributed by atoms with van der Waals surface area (Å²) in [6.07, 6.45) is 4.01. The molecule has 3 nitrogen and oxygen atoms in total. The van der Waals surface area contributed by atoms with E-state index < -0.39 is 0 Å². The monoisotopic (exact) mass is 226 g/mol. The molecule has 0 aromatic heterocycles. The number of thiocarbonyl (C=S) groups is 1. The number of rotatable bonds is 2. The zero-order valence-corrected chi connectivity index (χ0v) is 9.98. The van der Waals surface area contributed by atoms with E-state index in [1.807, 2.05) is 4.90 Å². The number of carbonyl (C=O) groups excluding carboxylic acids is 1. The summed E-state index contributed by atoms with van der Waals surface area (Å²) in [5.74, 6) is 0.680. The molecule has 0 aromatic rings. The molecule has 2 fully saturated rings. The van der Waals surface area contributed by atoms with Gasteiger partial charge in [0.1, 0.15) is 0 Å². The first-order valence-electron chi connectivity index (χ1n) is 5.62. The van der Waals surface area contributed by atoms with Gasteiger partial charge in [0.25, 0.3) is 0 Å². The minimum atomic E-state index is -0.0321. The van der Waals surface area contributed by atoms with E-state index in [2.05, 4.69) is 6.92 Å². The van der Waals surface area contributed by atoms with Crippen molar-refractivity contribution in [3.8, 4) is 0 Å². The van der Waals surface area contributed by atoms with Crippen LogP contribution >= 0.6 is 12.2 Å². The van der Waals surface area contributed by atoms with Gasteiger partial charge in [-0.3, -0.25) is 4.79 Å². The molecule has 2 aliphatic rings. The Morgan fingerprint density at radius 1 is 1.40 bits per heavy atom. The van der Waals surface area contributed by atoms with Crippen molar-refractivity contribution in [1.82, 2.24) is 4.90 Å². The topological polar surface area (TPSA) is 46.3 Å². The minimum absolute atomic E-state index is 0.0321. The Kier molecular flexibility index (Phi) is 2.71. The van der Waals surface area contributed by atoms with Crippen LogP contribution in [0.25, 0.3) is 0 Å². The van der Waals surface area contributed by atoms with Crippen LogP contribution in [-0.2, 0) is 4.79 Å². The number of piperidine rings is 1. The van der Waals surface area contributed by atoms with Gasteiger partial charge in [0.2, 0.25) is 5.91 Å². The maximum absolute atomic E-state index is 11.8. The van der Waals surface area contributed by atoms with Gasteiger partial charge < -0.3 is 10.6 Å². The summed E-state index contributed by atoms with van der Waals surface area (Å²) >= 11 is 5.07. The SMILES string of the molecule is CC1(C(N)=S)CCN(C(=O)C2CC2)CC1.